The number of ether oxygens (including phenoxy) is 2. The molecule has 0 saturated carbocycles. The lowest BCUT2D eigenvalue weighted by Crippen LogP contribution is -2.29. The van der Waals surface area contributed by atoms with Gasteiger partial charge in [0, 0.05) is 11.3 Å². The van der Waals surface area contributed by atoms with E-state index in [2.05, 4.69) is 0 Å². The molecule has 1 N–H and O–H groups in total. The van der Waals surface area contributed by atoms with Crippen LogP contribution < -0.4 is 14.8 Å². The number of halogens is 3. The van der Waals surface area contributed by atoms with Gasteiger partial charge in [0.2, 0.25) is 6.79 Å². The summed E-state index contributed by atoms with van der Waals surface area (Å²) >= 11 is 0. The smallest absolute Gasteiger partial charge is 0.454 e. The third-order valence-corrected chi connectivity index (χ3v) is 3.49. The van der Waals surface area contributed by atoms with E-state index < -0.39 is 12.1 Å². The summed E-state index contributed by atoms with van der Waals surface area (Å²) in [4.78, 5) is 23.2. The molecule has 3 rings (SSSR count). The first-order chi connectivity index (χ1) is 12.3. The SMILES string of the molecule is O=C(/C=C/c1cccc(NC(=O)C(F)(F)F)c1)c1ccc2c(c1)OCO2. The Morgan fingerprint density at radius 1 is 1.04 bits per heavy atom. The van der Waals surface area contributed by atoms with Gasteiger partial charge in [-0.25, -0.2) is 0 Å². The fourth-order valence-electron chi connectivity index (χ4n) is 2.24. The summed E-state index contributed by atoms with van der Waals surface area (Å²) in [6.45, 7) is 0.0965. The molecule has 0 aliphatic carbocycles. The number of carbonyl (C=O) groups is 2. The monoisotopic (exact) mass is 363 g/mol. The average molecular weight is 363 g/mol. The molecule has 1 amide bonds. The molecule has 0 spiro atoms. The molecule has 26 heavy (non-hydrogen) atoms. The molecule has 1 aliphatic heterocycles. The van der Waals surface area contributed by atoms with E-state index in [1.165, 1.54) is 30.4 Å². The van der Waals surface area contributed by atoms with Crippen molar-refractivity contribution in [2.75, 3.05) is 12.1 Å². The molecule has 0 aromatic heterocycles. The van der Waals surface area contributed by atoms with Crippen molar-refractivity contribution in [3.63, 3.8) is 0 Å². The average Bonchev–Trinajstić information content (AvgIpc) is 3.07. The van der Waals surface area contributed by atoms with Gasteiger partial charge in [0.15, 0.2) is 17.3 Å². The van der Waals surface area contributed by atoms with Gasteiger partial charge in [0.05, 0.1) is 0 Å². The summed E-state index contributed by atoms with van der Waals surface area (Å²) < 4.78 is 47.2. The molecule has 134 valence electrons. The van der Waals surface area contributed by atoms with Gasteiger partial charge in [0.25, 0.3) is 0 Å². The Labute approximate surface area is 146 Å². The minimum atomic E-state index is -4.97. The molecule has 5 nitrogen and oxygen atoms in total. The molecular weight excluding hydrogens is 351 g/mol. The summed E-state index contributed by atoms with van der Waals surface area (Å²) in [7, 11) is 0. The number of hydrogen-bond donors (Lipinski definition) is 1. The van der Waals surface area contributed by atoms with E-state index in [4.69, 9.17) is 9.47 Å². The second-order valence-corrected chi connectivity index (χ2v) is 5.34. The number of amides is 1. The highest BCUT2D eigenvalue weighted by Gasteiger charge is 2.38. The molecular formula is C18H12F3NO4. The number of alkyl halides is 3. The third-order valence-electron chi connectivity index (χ3n) is 3.49. The van der Waals surface area contributed by atoms with Crippen LogP contribution >= 0.6 is 0 Å². The van der Waals surface area contributed by atoms with Crippen molar-refractivity contribution in [3.8, 4) is 11.5 Å². The zero-order valence-corrected chi connectivity index (χ0v) is 13.2. The van der Waals surface area contributed by atoms with Crippen LogP contribution in [0, 0.1) is 0 Å². The predicted molar refractivity (Wildman–Crippen MR) is 87.1 cm³/mol. The first kappa shape index (κ1) is 17.5. The van der Waals surface area contributed by atoms with Gasteiger partial charge in [-0.15, -0.1) is 0 Å². The summed E-state index contributed by atoms with van der Waals surface area (Å²) in [6, 6.07) is 10.5. The zero-order chi connectivity index (χ0) is 18.7. The van der Waals surface area contributed by atoms with E-state index in [0.29, 0.717) is 22.6 Å². The summed E-state index contributed by atoms with van der Waals surface area (Å²) in [5.41, 5.74) is 0.816. The Morgan fingerprint density at radius 2 is 1.81 bits per heavy atom. The van der Waals surface area contributed by atoms with Gasteiger partial charge >= 0.3 is 12.1 Å². The molecule has 0 atom stereocenters. The Hall–Kier alpha value is -3.29. The molecule has 2 aromatic rings. The van der Waals surface area contributed by atoms with Crippen molar-refractivity contribution < 1.29 is 32.2 Å². The van der Waals surface area contributed by atoms with Crippen LogP contribution in [0.1, 0.15) is 15.9 Å². The van der Waals surface area contributed by atoms with Crippen LogP contribution in [-0.2, 0) is 4.79 Å². The number of anilines is 1. The molecule has 0 bridgehead atoms. The van der Waals surface area contributed by atoms with Gasteiger partial charge in [-0.1, -0.05) is 18.2 Å². The van der Waals surface area contributed by atoms with Crippen molar-refractivity contribution in [1.29, 1.82) is 0 Å². The van der Waals surface area contributed by atoms with Crippen LogP contribution in [-0.4, -0.2) is 24.7 Å². The molecule has 1 heterocycles. The van der Waals surface area contributed by atoms with Crippen molar-refractivity contribution in [1.82, 2.24) is 0 Å². The number of hydrogen-bond acceptors (Lipinski definition) is 4. The number of fused-ring (bicyclic) bond motifs is 1. The van der Waals surface area contributed by atoms with E-state index in [1.54, 1.807) is 29.6 Å². The summed E-state index contributed by atoms with van der Waals surface area (Å²) in [5.74, 6) is -1.34. The number of benzene rings is 2. The second kappa shape index (κ2) is 6.91. The highest BCUT2D eigenvalue weighted by molar-refractivity contribution is 6.07. The zero-order valence-electron chi connectivity index (χ0n) is 13.2. The molecule has 2 aromatic carbocycles. The van der Waals surface area contributed by atoms with Gasteiger partial charge < -0.3 is 14.8 Å². The van der Waals surface area contributed by atoms with Gasteiger partial charge in [0.1, 0.15) is 0 Å². The third kappa shape index (κ3) is 4.02. The van der Waals surface area contributed by atoms with Crippen LogP contribution in [0.25, 0.3) is 6.08 Å². The van der Waals surface area contributed by atoms with Crippen molar-refractivity contribution in [3.05, 3.63) is 59.7 Å². The number of ketones is 1. The maximum Gasteiger partial charge on any atom is 0.471 e. The van der Waals surface area contributed by atoms with Gasteiger partial charge in [-0.05, 0) is 42.0 Å². The fraction of sp³-hybridized carbons (Fsp3) is 0.111. The van der Waals surface area contributed by atoms with Crippen molar-refractivity contribution >= 4 is 23.5 Å². The highest BCUT2D eigenvalue weighted by Crippen LogP contribution is 2.32. The molecule has 8 heteroatoms. The number of rotatable bonds is 4. The maximum absolute atomic E-state index is 12.3. The predicted octanol–water partition coefficient (Wildman–Crippen LogP) is 3.81. The lowest BCUT2D eigenvalue weighted by molar-refractivity contribution is -0.167. The number of carbonyl (C=O) groups excluding carboxylic acids is 2. The van der Waals surface area contributed by atoms with E-state index in [9.17, 15) is 22.8 Å². The van der Waals surface area contributed by atoms with E-state index >= 15 is 0 Å². The summed E-state index contributed by atoms with van der Waals surface area (Å²) in [5, 5.41) is 1.76. The topological polar surface area (TPSA) is 64.6 Å². The lowest BCUT2D eigenvalue weighted by atomic mass is 10.1. The van der Waals surface area contributed by atoms with Gasteiger partial charge in [-0.3, -0.25) is 9.59 Å². The minimum absolute atomic E-state index is 0.0231. The first-order valence-corrected chi connectivity index (χ1v) is 7.43. The molecule has 1 aliphatic rings. The molecule has 0 saturated heterocycles. The molecule has 0 radical (unpaired) electrons. The molecule has 0 unspecified atom stereocenters. The van der Waals surface area contributed by atoms with Crippen molar-refractivity contribution in [2.45, 2.75) is 6.18 Å². The Bertz CT molecular complexity index is 890. The minimum Gasteiger partial charge on any atom is -0.454 e. The normalized spacial score (nSPS) is 13.0. The largest absolute Gasteiger partial charge is 0.471 e. The van der Waals surface area contributed by atoms with Crippen LogP contribution in [0.15, 0.2) is 48.5 Å². The van der Waals surface area contributed by atoms with Crippen LogP contribution in [0.2, 0.25) is 0 Å². The van der Waals surface area contributed by atoms with Crippen LogP contribution in [0.5, 0.6) is 11.5 Å². The van der Waals surface area contributed by atoms with E-state index in [0.717, 1.165) is 0 Å². The Balaban J connectivity index is 1.71. The fourth-order valence-corrected chi connectivity index (χ4v) is 2.24. The molecule has 0 fully saturated rings. The number of nitrogens with one attached hydrogen (secondary N) is 1. The first-order valence-electron chi connectivity index (χ1n) is 7.43. The second-order valence-electron chi connectivity index (χ2n) is 5.34. The van der Waals surface area contributed by atoms with E-state index in [-0.39, 0.29) is 18.3 Å². The van der Waals surface area contributed by atoms with Crippen LogP contribution in [0.3, 0.4) is 0 Å². The quantitative estimate of drug-likeness (QED) is 0.663. The van der Waals surface area contributed by atoms with Crippen molar-refractivity contribution in [2.24, 2.45) is 0 Å². The highest BCUT2D eigenvalue weighted by atomic mass is 19.4. The maximum atomic E-state index is 12.3. The Kier molecular flexibility index (Phi) is 4.66. The van der Waals surface area contributed by atoms with Crippen LogP contribution in [0.4, 0.5) is 18.9 Å². The van der Waals surface area contributed by atoms with Gasteiger partial charge in [-0.2, -0.15) is 13.2 Å². The van der Waals surface area contributed by atoms with E-state index in [1.807, 2.05) is 0 Å². The standard InChI is InChI=1S/C18H12F3NO4/c19-18(20,21)17(24)22-13-3-1-2-11(8-13)4-6-14(23)12-5-7-15-16(9-12)26-10-25-15/h1-9H,10H2,(H,22,24)/b6-4+. The number of allylic oxidation sites excluding steroid dienone is 1. The Morgan fingerprint density at radius 3 is 2.58 bits per heavy atom. The lowest BCUT2D eigenvalue weighted by Gasteiger charge is -2.08. The summed E-state index contributed by atoms with van der Waals surface area (Å²) in [6.07, 6.45) is -2.25.